The molecule has 1 saturated heterocycles. The van der Waals surface area contributed by atoms with E-state index in [0.29, 0.717) is 46.5 Å². The van der Waals surface area contributed by atoms with Gasteiger partial charge in [0.15, 0.2) is 0 Å². The van der Waals surface area contributed by atoms with Gasteiger partial charge in [-0.1, -0.05) is 110 Å². The quantitative estimate of drug-likeness (QED) is 0.312. The molecule has 0 bridgehead atoms. The van der Waals surface area contributed by atoms with Crippen molar-refractivity contribution in [3.63, 3.8) is 0 Å². The third kappa shape index (κ3) is 7.47. The number of rotatable bonds is 10. The molecule has 0 radical (unpaired) electrons. The van der Waals surface area contributed by atoms with Crippen LogP contribution in [0.2, 0.25) is 0 Å². The van der Waals surface area contributed by atoms with Gasteiger partial charge in [-0.05, 0) is 82.9 Å². The second-order valence-electron chi connectivity index (χ2n) is 15.6. The zero-order valence-electron chi connectivity index (χ0n) is 25.7. The molecular weight excluding hydrogens is 400 g/mol. The Hall–Kier alpha value is -0.0400. The van der Waals surface area contributed by atoms with Crippen molar-refractivity contribution in [1.29, 1.82) is 0 Å². The number of ether oxygens (including phenoxy) is 1. The zero-order valence-corrected chi connectivity index (χ0v) is 25.7. The molecule has 6 atom stereocenters. The van der Waals surface area contributed by atoms with Crippen LogP contribution in [0.25, 0.3) is 0 Å². The van der Waals surface area contributed by atoms with Gasteiger partial charge in [0, 0.05) is 6.61 Å². The topological polar surface area (TPSA) is 9.23 Å². The minimum Gasteiger partial charge on any atom is -0.378 e. The van der Waals surface area contributed by atoms with Gasteiger partial charge in [-0.15, -0.1) is 0 Å². The molecule has 1 heteroatoms. The lowest BCUT2D eigenvalue weighted by Crippen LogP contribution is -2.51. The van der Waals surface area contributed by atoms with Gasteiger partial charge < -0.3 is 4.74 Å². The highest BCUT2D eigenvalue weighted by molar-refractivity contribution is 5.00. The monoisotopic (exact) mass is 464 g/mol. The van der Waals surface area contributed by atoms with Crippen LogP contribution in [0.5, 0.6) is 0 Å². The fraction of sp³-hybridized carbons (Fsp3) is 1.00. The molecule has 0 aromatic rings. The van der Waals surface area contributed by atoms with Gasteiger partial charge >= 0.3 is 0 Å². The summed E-state index contributed by atoms with van der Waals surface area (Å²) in [6.07, 6.45) is 6.76. The molecule has 6 unspecified atom stereocenters. The van der Waals surface area contributed by atoms with Crippen molar-refractivity contribution in [2.75, 3.05) is 6.61 Å². The highest BCUT2D eigenvalue weighted by Gasteiger charge is 2.52. The molecule has 33 heavy (non-hydrogen) atoms. The van der Waals surface area contributed by atoms with E-state index in [4.69, 9.17) is 4.74 Å². The SMILES string of the molecule is CCCC(C(C)(C)C)C(C)(C)C(C)(C)C(C(C)C)C(C)CC(C)C1CC(C(C)(C)C)CCO1. The van der Waals surface area contributed by atoms with E-state index in [2.05, 4.69) is 104 Å². The van der Waals surface area contributed by atoms with Crippen LogP contribution < -0.4 is 0 Å². The van der Waals surface area contributed by atoms with E-state index in [0.717, 1.165) is 12.5 Å². The van der Waals surface area contributed by atoms with Gasteiger partial charge in [-0.25, -0.2) is 0 Å². The fourth-order valence-corrected chi connectivity index (χ4v) is 8.14. The van der Waals surface area contributed by atoms with Crippen LogP contribution >= 0.6 is 0 Å². The van der Waals surface area contributed by atoms with Crippen molar-refractivity contribution in [1.82, 2.24) is 0 Å². The summed E-state index contributed by atoms with van der Waals surface area (Å²) in [5.74, 6) is 4.18. The molecule has 0 aliphatic carbocycles. The summed E-state index contributed by atoms with van der Waals surface area (Å²) in [6.45, 7) is 38.3. The Labute approximate surface area is 210 Å². The van der Waals surface area contributed by atoms with E-state index in [9.17, 15) is 0 Å². The van der Waals surface area contributed by atoms with Crippen LogP contribution in [0.1, 0.15) is 136 Å². The maximum absolute atomic E-state index is 6.37. The molecule has 0 aromatic carbocycles. The largest absolute Gasteiger partial charge is 0.378 e. The maximum Gasteiger partial charge on any atom is 0.0603 e. The van der Waals surface area contributed by atoms with Crippen LogP contribution in [0.4, 0.5) is 0 Å². The molecule has 1 nitrogen and oxygen atoms in total. The van der Waals surface area contributed by atoms with E-state index in [1.807, 2.05) is 0 Å². The lowest BCUT2D eigenvalue weighted by molar-refractivity contribution is -0.0968. The van der Waals surface area contributed by atoms with Gasteiger partial charge in [-0.3, -0.25) is 0 Å². The van der Waals surface area contributed by atoms with Crippen LogP contribution in [-0.4, -0.2) is 12.7 Å². The summed E-state index contributed by atoms with van der Waals surface area (Å²) in [4.78, 5) is 0. The van der Waals surface area contributed by atoms with Crippen molar-refractivity contribution in [2.45, 2.75) is 142 Å². The first-order chi connectivity index (χ1) is 14.8. The minimum absolute atomic E-state index is 0.259. The normalized spacial score (nSPS) is 25.1. The first-order valence-electron chi connectivity index (χ1n) is 14.4. The second-order valence-corrected chi connectivity index (χ2v) is 15.6. The van der Waals surface area contributed by atoms with Gasteiger partial charge in [0.1, 0.15) is 0 Å². The number of hydrogen-bond donors (Lipinski definition) is 0. The van der Waals surface area contributed by atoms with Crippen LogP contribution in [0.15, 0.2) is 0 Å². The van der Waals surface area contributed by atoms with Crippen molar-refractivity contribution in [2.24, 2.45) is 57.2 Å². The van der Waals surface area contributed by atoms with E-state index in [1.165, 1.54) is 32.1 Å². The van der Waals surface area contributed by atoms with Crippen molar-refractivity contribution < 1.29 is 4.74 Å². The van der Waals surface area contributed by atoms with E-state index >= 15 is 0 Å². The summed E-state index contributed by atoms with van der Waals surface area (Å²) >= 11 is 0. The van der Waals surface area contributed by atoms with Gasteiger partial charge in [0.25, 0.3) is 0 Å². The summed E-state index contributed by atoms with van der Waals surface area (Å²) < 4.78 is 6.37. The van der Waals surface area contributed by atoms with E-state index in [-0.39, 0.29) is 10.8 Å². The first kappa shape index (κ1) is 31.0. The Morgan fingerprint density at radius 2 is 1.36 bits per heavy atom. The maximum atomic E-state index is 6.37. The summed E-state index contributed by atoms with van der Waals surface area (Å²) in [7, 11) is 0. The van der Waals surface area contributed by atoms with Crippen molar-refractivity contribution >= 4 is 0 Å². The molecule has 0 aromatic heterocycles. The van der Waals surface area contributed by atoms with Crippen LogP contribution in [-0.2, 0) is 4.74 Å². The molecule has 0 saturated carbocycles. The Bertz CT molecular complexity index is 570. The Morgan fingerprint density at radius 1 is 0.818 bits per heavy atom. The molecule has 1 heterocycles. The van der Waals surface area contributed by atoms with Crippen LogP contribution in [0, 0.1) is 57.2 Å². The summed E-state index contributed by atoms with van der Waals surface area (Å²) in [6, 6.07) is 0. The Kier molecular flexibility index (Phi) is 10.7. The molecule has 198 valence electrons. The number of hydrogen-bond acceptors (Lipinski definition) is 1. The minimum atomic E-state index is 0.259. The van der Waals surface area contributed by atoms with Crippen molar-refractivity contribution in [3.05, 3.63) is 0 Å². The van der Waals surface area contributed by atoms with Gasteiger partial charge in [0.05, 0.1) is 6.10 Å². The summed E-state index contributed by atoms with van der Waals surface area (Å²) in [5, 5.41) is 0. The lowest BCUT2D eigenvalue weighted by atomic mass is 9.47. The predicted molar refractivity (Wildman–Crippen MR) is 149 cm³/mol. The molecule has 0 amide bonds. The molecule has 1 aliphatic rings. The van der Waals surface area contributed by atoms with Crippen molar-refractivity contribution in [3.8, 4) is 0 Å². The van der Waals surface area contributed by atoms with Gasteiger partial charge in [-0.2, -0.15) is 0 Å². The molecule has 0 N–H and O–H groups in total. The van der Waals surface area contributed by atoms with E-state index in [1.54, 1.807) is 0 Å². The standard InChI is InChI=1S/C32H64O/c1-16-17-27(30(9,10)11)31(12,13)32(14,15)28(22(2)3)24(5)20-23(4)26-21-25(18-19-33-26)29(6,7)8/h22-28H,16-21H2,1-15H3. The van der Waals surface area contributed by atoms with Crippen LogP contribution in [0.3, 0.4) is 0 Å². The third-order valence-corrected chi connectivity index (χ3v) is 10.2. The second kappa shape index (κ2) is 11.3. The molecule has 1 aliphatic heterocycles. The fourth-order valence-electron chi connectivity index (χ4n) is 8.14. The van der Waals surface area contributed by atoms with Gasteiger partial charge in [0.2, 0.25) is 0 Å². The Balaban J connectivity index is 3.12. The lowest BCUT2D eigenvalue weighted by Gasteiger charge is -2.57. The highest BCUT2D eigenvalue weighted by Crippen LogP contribution is 2.59. The Morgan fingerprint density at radius 3 is 1.79 bits per heavy atom. The molecular formula is C32H64O. The smallest absolute Gasteiger partial charge is 0.0603 e. The molecule has 1 rings (SSSR count). The average molecular weight is 465 g/mol. The third-order valence-electron chi connectivity index (χ3n) is 10.2. The highest BCUT2D eigenvalue weighted by atomic mass is 16.5. The molecule has 0 spiro atoms. The predicted octanol–water partition coefficient (Wildman–Crippen LogP) is 10.3. The average Bonchev–Trinajstić information content (AvgIpc) is 2.63. The zero-order chi connectivity index (χ0) is 26.0. The van der Waals surface area contributed by atoms with E-state index < -0.39 is 0 Å². The summed E-state index contributed by atoms with van der Waals surface area (Å²) in [5.41, 5.74) is 1.25. The molecule has 1 fully saturated rings. The first-order valence-corrected chi connectivity index (χ1v) is 14.4.